The maximum absolute atomic E-state index is 4.92. The smallest absolute Gasteiger partial charge is 0.201 e. The van der Waals surface area contributed by atoms with Crippen LogP contribution < -0.4 is 0 Å². The molecule has 2 aliphatic rings. The predicted molar refractivity (Wildman–Crippen MR) is 107 cm³/mol. The van der Waals surface area contributed by atoms with Crippen LogP contribution in [0, 0.1) is 0 Å². The zero-order valence-corrected chi connectivity index (χ0v) is 17.6. The van der Waals surface area contributed by atoms with Crippen molar-refractivity contribution in [2.45, 2.75) is 0 Å². The molecule has 1 aromatic rings. The first-order valence-electron chi connectivity index (χ1n) is 7.88. The molecule has 0 atom stereocenters. The van der Waals surface area contributed by atoms with E-state index >= 15 is 0 Å². The van der Waals surface area contributed by atoms with Crippen LogP contribution in [0.2, 0.25) is 0 Å². The lowest BCUT2D eigenvalue weighted by molar-refractivity contribution is 0.553. The van der Waals surface area contributed by atoms with Gasteiger partial charge in [-0.25, -0.2) is 9.98 Å². The molecule has 0 unspecified atom stereocenters. The van der Waals surface area contributed by atoms with Crippen LogP contribution in [0.4, 0.5) is 11.4 Å². The van der Waals surface area contributed by atoms with E-state index in [-0.39, 0.29) is 0 Å². The fourth-order valence-electron chi connectivity index (χ4n) is 2.87. The van der Waals surface area contributed by atoms with Crippen molar-refractivity contribution in [3.63, 3.8) is 0 Å². The number of halogens is 2. The third-order valence-electron chi connectivity index (χ3n) is 4.38. The third-order valence-corrected chi connectivity index (χ3v) is 5.66. The second-order valence-electron chi connectivity index (χ2n) is 6.24. The molecule has 0 bridgehead atoms. The van der Waals surface area contributed by atoms with E-state index in [1.165, 1.54) is 0 Å². The summed E-state index contributed by atoms with van der Waals surface area (Å²) in [5, 5.41) is 0. The number of nitrogens with zero attached hydrogens (tertiary/aromatic N) is 6. The SMILES string of the molecule is CN1CCN(C)C1=Nc1c(Br)ccc(Br)c1N=C1N(C)CCN1C. The first-order valence-corrected chi connectivity index (χ1v) is 9.47. The van der Waals surface area contributed by atoms with Gasteiger partial charge in [-0.3, -0.25) is 0 Å². The Morgan fingerprint density at radius 2 is 0.958 bits per heavy atom. The second-order valence-corrected chi connectivity index (χ2v) is 7.94. The van der Waals surface area contributed by atoms with Gasteiger partial charge in [0.2, 0.25) is 11.9 Å². The molecule has 2 heterocycles. The van der Waals surface area contributed by atoms with Gasteiger partial charge in [-0.2, -0.15) is 0 Å². The molecular weight excluding hydrogens is 436 g/mol. The predicted octanol–water partition coefficient (Wildman–Crippen LogP) is 2.94. The monoisotopic (exact) mass is 456 g/mol. The number of rotatable bonds is 2. The molecule has 0 amide bonds. The minimum atomic E-state index is 0.848. The molecular formula is C16H22Br2N6. The van der Waals surface area contributed by atoms with Gasteiger partial charge < -0.3 is 19.6 Å². The average molecular weight is 458 g/mol. The third kappa shape index (κ3) is 3.26. The van der Waals surface area contributed by atoms with Crippen molar-refractivity contribution in [3.05, 3.63) is 21.1 Å². The van der Waals surface area contributed by atoms with Gasteiger partial charge in [-0.05, 0) is 44.0 Å². The molecule has 3 rings (SSSR count). The van der Waals surface area contributed by atoms with Crippen LogP contribution in [0.5, 0.6) is 0 Å². The van der Waals surface area contributed by atoms with Gasteiger partial charge in [-0.1, -0.05) is 0 Å². The fraction of sp³-hybridized carbons (Fsp3) is 0.500. The van der Waals surface area contributed by atoms with Gasteiger partial charge in [0.05, 0.1) is 0 Å². The van der Waals surface area contributed by atoms with Crippen molar-refractivity contribution in [1.29, 1.82) is 0 Å². The van der Waals surface area contributed by atoms with Gasteiger partial charge >= 0.3 is 0 Å². The average Bonchev–Trinajstić information content (AvgIpc) is 3.03. The van der Waals surface area contributed by atoms with Crippen LogP contribution in [0.25, 0.3) is 0 Å². The fourth-order valence-corrected chi connectivity index (χ4v) is 3.68. The lowest BCUT2D eigenvalue weighted by Crippen LogP contribution is -2.28. The van der Waals surface area contributed by atoms with E-state index in [0.717, 1.165) is 58.4 Å². The van der Waals surface area contributed by atoms with E-state index in [4.69, 9.17) is 9.98 Å². The summed E-state index contributed by atoms with van der Waals surface area (Å²) in [6.45, 7) is 3.93. The van der Waals surface area contributed by atoms with E-state index in [1.807, 2.05) is 12.1 Å². The highest BCUT2D eigenvalue weighted by atomic mass is 79.9. The van der Waals surface area contributed by atoms with Crippen LogP contribution in [-0.4, -0.2) is 85.9 Å². The first-order chi connectivity index (χ1) is 11.4. The van der Waals surface area contributed by atoms with Crippen LogP contribution in [0.3, 0.4) is 0 Å². The van der Waals surface area contributed by atoms with Crippen molar-refractivity contribution in [2.24, 2.45) is 9.98 Å². The topological polar surface area (TPSA) is 37.7 Å². The van der Waals surface area contributed by atoms with E-state index < -0.39 is 0 Å². The van der Waals surface area contributed by atoms with Crippen LogP contribution in [0.15, 0.2) is 31.1 Å². The van der Waals surface area contributed by atoms with Crippen molar-refractivity contribution in [3.8, 4) is 0 Å². The highest BCUT2D eigenvalue weighted by Gasteiger charge is 2.24. The van der Waals surface area contributed by atoms with E-state index in [2.05, 4.69) is 79.7 Å². The minimum Gasteiger partial charge on any atom is -0.344 e. The molecule has 2 fully saturated rings. The molecule has 0 N–H and O–H groups in total. The standard InChI is InChI=1S/C16H22Br2N6/c1-21-7-8-22(2)15(21)19-13-11(17)5-6-12(18)14(13)20-16-23(3)9-10-24(16)4/h5-6H,7-10H2,1-4H3. The Balaban J connectivity index is 2.12. The Morgan fingerprint density at radius 1 is 0.667 bits per heavy atom. The van der Waals surface area contributed by atoms with Gasteiger partial charge in [0.15, 0.2) is 0 Å². The summed E-state index contributed by atoms with van der Waals surface area (Å²) in [5.74, 6) is 1.92. The molecule has 0 saturated carbocycles. The largest absolute Gasteiger partial charge is 0.344 e. The maximum atomic E-state index is 4.92. The number of aliphatic imine (C=N–C) groups is 2. The second kappa shape index (κ2) is 6.92. The van der Waals surface area contributed by atoms with E-state index in [9.17, 15) is 0 Å². The molecule has 6 nitrogen and oxygen atoms in total. The first kappa shape index (κ1) is 17.5. The quantitative estimate of drug-likeness (QED) is 0.684. The van der Waals surface area contributed by atoms with E-state index in [1.54, 1.807) is 0 Å². The van der Waals surface area contributed by atoms with Crippen LogP contribution in [0.1, 0.15) is 0 Å². The zero-order valence-electron chi connectivity index (χ0n) is 14.4. The maximum Gasteiger partial charge on any atom is 0.201 e. The van der Waals surface area contributed by atoms with Crippen molar-refractivity contribution < 1.29 is 0 Å². The zero-order chi connectivity index (χ0) is 17.4. The Bertz CT molecular complexity index is 619. The van der Waals surface area contributed by atoms with Crippen LogP contribution >= 0.6 is 31.9 Å². The lowest BCUT2D eigenvalue weighted by Gasteiger charge is -2.19. The summed E-state index contributed by atoms with van der Waals surface area (Å²) in [4.78, 5) is 18.5. The van der Waals surface area contributed by atoms with Crippen LogP contribution in [-0.2, 0) is 0 Å². The number of hydrogen-bond acceptors (Lipinski definition) is 2. The molecule has 8 heteroatoms. The number of hydrogen-bond donors (Lipinski definition) is 0. The summed E-state index contributed by atoms with van der Waals surface area (Å²) < 4.78 is 1.88. The Hall–Kier alpha value is -1.28. The highest BCUT2D eigenvalue weighted by molar-refractivity contribution is 9.11. The van der Waals surface area contributed by atoms with Gasteiger partial charge in [0.25, 0.3) is 0 Å². The Kier molecular flexibility index (Phi) is 5.05. The summed E-state index contributed by atoms with van der Waals surface area (Å²) in [6.07, 6.45) is 0. The molecule has 0 radical (unpaired) electrons. The van der Waals surface area contributed by atoms with Crippen molar-refractivity contribution >= 4 is 55.2 Å². The van der Waals surface area contributed by atoms with E-state index in [0.29, 0.717) is 0 Å². The van der Waals surface area contributed by atoms with Crippen molar-refractivity contribution in [1.82, 2.24) is 19.6 Å². The summed E-state index contributed by atoms with van der Waals surface area (Å²) in [6, 6.07) is 4.01. The Morgan fingerprint density at radius 3 is 1.25 bits per heavy atom. The minimum absolute atomic E-state index is 0.848. The molecule has 24 heavy (non-hydrogen) atoms. The number of benzene rings is 1. The van der Waals surface area contributed by atoms with Gasteiger partial charge in [0.1, 0.15) is 11.4 Å². The Labute approximate surface area is 160 Å². The van der Waals surface area contributed by atoms with Gasteiger partial charge in [-0.15, -0.1) is 0 Å². The lowest BCUT2D eigenvalue weighted by atomic mass is 10.3. The molecule has 0 aliphatic carbocycles. The normalized spacial score (nSPS) is 18.1. The number of likely N-dealkylation sites (N-methyl/N-ethyl adjacent to an activating group) is 4. The molecule has 2 aliphatic heterocycles. The number of guanidine groups is 2. The highest BCUT2D eigenvalue weighted by Crippen LogP contribution is 2.42. The van der Waals surface area contributed by atoms with Gasteiger partial charge in [0, 0.05) is 63.3 Å². The summed E-state index contributed by atoms with van der Waals surface area (Å²) in [5.41, 5.74) is 1.70. The summed E-state index contributed by atoms with van der Waals surface area (Å²) in [7, 11) is 8.27. The molecule has 0 aromatic heterocycles. The van der Waals surface area contributed by atoms with Crippen molar-refractivity contribution in [2.75, 3.05) is 54.4 Å². The molecule has 130 valence electrons. The molecule has 1 aromatic carbocycles. The molecule has 2 saturated heterocycles. The summed E-state index contributed by atoms with van der Waals surface area (Å²) >= 11 is 7.29. The molecule has 0 spiro atoms.